The van der Waals surface area contributed by atoms with E-state index in [1.807, 2.05) is 0 Å². The number of ether oxygens (including phenoxy) is 1. The lowest BCUT2D eigenvalue weighted by Gasteiger charge is -2.43. The Morgan fingerprint density at radius 3 is 2.95 bits per heavy atom. The first-order chi connectivity index (χ1) is 9.53. The van der Waals surface area contributed by atoms with Gasteiger partial charge in [-0.05, 0) is 31.9 Å². The van der Waals surface area contributed by atoms with Crippen molar-refractivity contribution < 1.29 is 4.74 Å². The van der Waals surface area contributed by atoms with Crippen molar-refractivity contribution >= 4 is 0 Å². The van der Waals surface area contributed by atoms with Crippen LogP contribution in [0.5, 0.6) is 0 Å². The van der Waals surface area contributed by atoms with Gasteiger partial charge in [0.05, 0.1) is 11.7 Å². The van der Waals surface area contributed by atoms with E-state index in [2.05, 4.69) is 55.3 Å². The molecule has 110 valence electrons. The van der Waals surface area contributed by atoms with Crippen LogP contribution in [0.4, 0.5) is 0 Å². The number of hydrogen-bond acceptors (Lipinski definition) is 3. The van der Waals surface area contributed by atoms with Crippen LogP contribution in [0.25, 0.3) is 0 Å². The molecule has 0 bridgehead atoms. The second kappa shape index (κ2) is 5.47. The smallest absolute Gasteiger partial charge is 0.0757 e. The van der Waals surface area contributed by atoms with E-state index in [9.17, 15) is 0 Å². The first kappa shape index (κ1) is 14.1. The summed E-state index contributed by atoms with van der Waals surface area (Å²) < 4.78 is 6.01. The fourth-order valence-electron chi connectivity index (χ4n) is 3.78. The first-order valence-electron chi connectivity index (χ1n) is 7.72. The molecule has 1 saturated heterocycles. The summed E-state index contributed by atoms with van der Waals surface area (Å²) in [7, 11) is 0. The van der Waals surface area contributed by atoms with Crippen LogP contribution in [0.2, 0.25) is 0 Å². The van der Waals surface area contributed by atoms with Crippen LogP contribution in [-0.4, -0.2) is 42.8 Å². The summed E-state index contributed by atoms with van der Waals surface area (Å²) in [4.78, 5) is 2.57. The van der Waals surface area contributed by atoms with E-state index in [0.29, 0.717) is 12.0 Å². The molecular weight excluding hydrogens is 248 g/mol. The lowest BCUT2D eigenvalue weighted by molar-refractivity contribution is -0.129. The monoisotopic (exact) mass is 274 g/mol. The van der Waals surface area contributed by atoms with Crippen LogP contribution in [0, 0.1) is 0 Å². The highest BCUT2D eigenvalue weighted by atomic mass is 16.5. The van der Waals surface area contributed by atoms with Gasteiger partial charge in [0.15, 0.2) is 0 Å². The summed E-state index contributed by atoms with van der Waals surface area (Å²) in [5.41, 5.74) is 2.96. The summed E-state index contributed by atoms with van der Waals surface area (Å²) in [5, 5.41) is 3.55. The van der Waals surface area contributed by atoms with Gasteiger partial charge in [0.25, 0.3) is 0 Å². The normalized spacial score (nSPS) is 29.9. The van der Waals surface area contributed by atoms with Gasteiger partial charge in [-0.25, -0.2) is 0 Å². The topological polar surface area (TPSA) is 24.5 Å². The van der Waals surface area contributed by atoms with Crippen LogP contribution in [-0.2, 0) is 11.3 Å². The summed E-state index contributed by atoms with van der Waals surface area (Å²) in [6.45, 7) is 11.9. The summed E-state index contributed by atoms with van der Waals surface area (Å²) in [6, 6.07) is 8.86. The third kappa shape index (κ3) is 3.05. The van der Waals surface area contributed by atoms with Crippen molar-refractivity contribution in [1.82, 2.24) is 10.2 Å². The maximum absolute atomic E-state index is 6.01. The van der Waals surface area contributed by atoms with E-state index < -0.39 is 0 Å². The Hall–Kier alpha value is -0.900. The number of nitrogens with one attached hydrogen (secondary N) is 1. The number of nitrogens with zero attached hydrogens (tertiary/aromatic N) is 1. The van der Waals surface area contributed by atoms with Gasteiger partial charge in [-0.2, -0.15) is 0 Å². The molecule has 0 spiro atoms. The van der Waals surface area contributed by atoms with Gasteiger partial charge >= 0.3 is 0 Å². The molecule has 1 fully saturated rings. The SMILES string of the molecule is CC1CN(CC2CNCc3ccccc32)CC(C)(C)O1. The van der Waals surface area contributed by atoms with Crippen LogP contribution in [0.1, 0.15) is 37.8 Å². The fraction of sp³-hybridized carbons (Fsp3) is 0.647. The maximum Gasteiger partial charge on any atom is 0.0757 e. The van der Waals surface area contributed by atoms with E-state index in [1.54, 1.807) is 0 Å². The lowest BCUT2D eigenvalue weighted by atomic mass is 9.90. The maximum atomic E-state index is 6.01. The Morgan fingerprint density at radius 1 is 1.35 bits per heavy atom. The molecule has 0 aromatic heterocycles. The molecule has 0 amide bonds. The molecule has 3 rings (SSSR count). The Kier molecular flexibility index (Phi) is 3.85. The van der Waals surface area contributed by atoms with Gasteiger partial charge in [0, 0.05) is 38.6 Å². The number of morpholine rings is 1. The van der Waals surface area contributed by atoms with Crippen LogP contribution < -0.4 is 5.32 Å². The van der Waals surface area contributed by atoms with E-state index in [-0.39, 0.29) is 5.60 Å². The van der Waals surface area contributed by atoms with E-state index in [0.717, 1.165) is 32.7 Å². The predicted molar refractivity (Wildman–Crippen MR) is 82.0 cm³/mol. The van der Waals surface area contributed by atoms with Crippen LogP contribution in [0.15, 0.2) is 24.3 Å². The average Bonchev–Trinajstić information content (AvgIpc) is 2.37. The number of benzene rings is 1. The molecule has 2 atom stereocenters. The third-order valence-electron chi connectivity index (χ3n) is 4.32. The minimum atomic E-state index is -0.0285. The molecule has 0 radical (unpaired) electrons. The minimum absolute atomic E-state index is 0.0285. The van der Waals surface area contributed by atoms with E-state index >= 15 is 0 Å². The standard InChI is InChI=1S/C17H26N2O/c1-13-10-19(12-17(2,3)20-13)11-15-9-18-8-14-6-4-5-7-16(14)15/h4-7,13,15,18H,8-12H2,1-3H3. The zero-order valence-electron chi connectivity index (χ0n) is 12.9. The highest BCUT2D eigenvalue weighted by molar-refractivity contribution is 5.33. The molecule has 0 aliphatic carbocycles. The Bertz CT molecular complexity index is 472. The molecule has 3 nitrogen and oxygen atoms in total. The third-order valence-corrected chi connectivity index (χ3v) is 4.32. The summed E-state index contributed by atoms with van der Waals surface area (Å²) >= 11 is 0. The molecule has 1 N–H and O–H groups in total. The van der Waals surface area contributed by atoms with Gasteiger partial charge in [-0.15, -0.1) is 0 Å². The van der Waals surface area contributed by atoms with Gasteiger partial charge in [-0.1, -0.05) is 24.3 Å². The molecule has 20 heavy (non-hydrogen) atoms. The van der Waals surface area contributed by atoms with Gasteiger partial charge in [-0.3, -0.25) is 4.90 Å². The summed E-state index contributed by atoms with van der Waals surface area (Å²) in [5.74, 6) is 0.598. The van der Waals surface area contributed by atoms with Crippen LogP contribution in [0.3, 0.4) is 0 Å². The minimum Gasteiger partial charge on any atom is -0.370 e. The van der Waals surface area contributed by atoms with Crippen molar-refractivity contribution in [3.63, 3.8) is 0 Å². The lowest BCUT2D eigenvalue weighted by Crippen LogP contribution is -2.53. The van der Waals surface area contributed by atoms with Crippen molar-refractivity contribution in [3.05, 3.63) is 35.4 Å². The average molecular weight is 274 g/mol. The van der Waals surface area contributed by atoms with Crippen molar-refractivity contribution in [2.24, 2.45) is 0 Å². The van der Waals surface area contributed by atoms with Gasteiger partial charge in [0.2, 0.25) is 0 Å². The van der Waals surface area contributed by atoms with Crippen molar-refractivity contribution in [2.75, 3.05) is 26.2 Å². The molecule has 2 aliphatic rings. The van der Waals surface area contributed by atoms with Gasteiger partial charge in [0.1, 0.15) is 0 Å². The van der Waals surface area contributed by atoms with E-state index in [4.69, 9.17) is 4.74 Å². The quantitative estimate of drug-likeness (QED) is 0.896. The molecule has 2 aliphatic heterocycles. The molecule has 1 aromatic carbocycles. The van der Waals surface area contributed by atoms with E-state index in [1.165, 1.54) is 11.1 Å². The number of fused-ring (bicyclic) bond motifs is 1. The van der Waals surface area contributed by atoms with Crippen molar-refractivity contribution in [1.29, 1.82) is 0 Å². The molecule has 1 aromatic rings. The Morgan fingerprint density at radius 2 is 2.15 bits per heavy atom. The highest BCUT2D eigenvalue weighted by Crippen LogP contribution is 2.27. The Balaban J connectivity index is 1.72. The van der Waals surface area contributed by atoms with Crippen molar-refractivity contribution in [3.8, 4) is 0 Å². The van der Waals surface area contributed by atoms with Crippen LogP contribution >= 0.6 is 0 Å². The van der Waals surface area contributed by atoms with Gasteiger partial charge < -0.3 is 10.1 Å². The number of rotatable bonds is 2. The molecule has 3 heteroatoms. The molecule has 2 heterocycles. The zero-order chi connectivity index (χ0) is 14.2. The second-order valence-electron chi connectivity index (χ2n) is 6.91. The molecular formula is C17H26N2O. The molecule has 2 unspecified atom stereocenters. The first-order valence-corrected chi connectivity index (χ1v) is 7.72. The second-order valence-corrected chi connectivity index (χ2v) is 6.91. The Labute approximate surface area is 122 Å². The molecule has 0 saturated carbocycles. The highest BCUT2D eigenvalue weighted by Gasteiger charge is 2.33. The zero-order valence-corrected chi connectivity index (χ0v) is 12.9. The predicted octanol–water partition coefficient (Wildman–Crippen LogP) is 2.37. The summed E-state index contributed by atoms with van der Waals surface area (Å²) in [6.07, 6.45) is 0.325. The largest absolute Gasteiger partial charge is 0.370 e. The number of hydrogen-bond donors (Lipinski definition) is 1. The van der Waals surface area contributed by atoms with Crippen molar-refractivity contribution in [2.45, 2.75) is 44.9 Å². The fourth-order valence-corrected chi connectivity index (χ4v) is 3.78.